The molecule has 0 radical (unpaired) electrons. The molecular formula is C16H19N3. The van der Waals surface area contributed by atoms with Gasteiger partial charge in [-0.3, -0.25) is 0 Å². The summed E-state index contributed by atoms with van der Waals surface area (Å²) in [6.07, 6.45) is 2.86. The molecule has 1 aliphatic heterocycles. The highest BCUT2D eigenvalue weighted by Gasteiger charge is 2.26. The first-order valence-electron chi connectivity index (χ1n) is 6.74. The van der Waals surface area contributed by atoms with Crippen molar-refractivity contribution in [3.05, 3.63) is 59.3 Å². The molecule has 0 aliphatic carbocycles. The molecule has 1 unspecified atom stereocenters. The first-order chi connectivity index (χ1) is 9.29. The third-order valence-electron chi connectivity index (χ3n) is 3.88. The normalized spacial score (nSPS) is 18.2. The van der Waals surface area contributed by atoms with E-state index >= 15 is 0 Å². The molecule has 98 valence electrons. The van der Waals surface area contributed by atoms with Crippen LogP contribution in [0.4, 0.5) is 5.82 Å². The van der Waals surface area contributed by atoms with E-state index < -0.39 is 0 Å². The maximum atomic E-state index is 5.97. The van der Waals surface area contributed by atoms with Gasteiger partial charge in [0.25, 0.3) is 0 Å². The summed E-state index contributed by atoms with van der Waals surface area (Å²) >= 11 is 0. The molecule has 1 aromatic heterocycles. The summed E-state index contributed by atoms with van der Waals surface area (Å²) in [6.45, 7) is 3.66. The minimum atomic E-state index is 0.337. The van der Waals surface area contributed by atoms with Crippen molar-refractivity contribution in [1.82, 2.24) is 4.98 Å². The maximum Gasteiger partial charge on any atom is 0.132 e. The largest absolute Gasteiger partial charge is 0.347 e. The van der Waals surface area contributed by atoms with Gasteiger partial charge in [0.05, 0.1) is 0 Å². The first-order valence-corrected chi connectivity index (χ1v) is 6.74. The molecule has 0 spiro atoms. The highest BCUT2D eigenvalue weighted by molar-refractivity contribution is 5.50. The lowest BCUT2D eigenvalue weighted by Crippen LogP contribution is -2.45. The second-order valence-corrected chi connectivity index (χ2v) is 5.13. The highest BCUT2D eigenvalue weighted by Crippen LogP contribution is 2.28. The Hall–Kier alpha value is -1.87. The fraction of sp³-hybridized carbons (Fsp3) is 0.312. The minimum Gasteiger partial charge on any atom is -0.347 e. The lowest BCUT2D eigenvalue weighted by atomic mass is 9.93. The van der Waals surface area contributed by atoms with Crippen LogP contribution in [0.1, 0.15) is 16.7 Å². The summed E-state index contributed by atoms with van der Waals surface area (Å²) in [5.74, 6) is 1.06. The number of benzene rings is 1. The maximum absolute atomic E-state index is 5.97. The summed E-state index contributed by atoms with van der Waals surface area (Å²) < 4.78 is 0. The van der Waals surface area contributed by atoms with Gasteiger partial charge >= 0.3 is 0 Å². The van der Waals surface area contributed by atoms with Crippen LogP contribution in [0, 0.1) is 6.92 Å². The Labute approximate surface area is 114 Å². The summed E-state index contributed by atoms with van der Waals surface area (Å²) in [4.78, 5) is 6.89. The average Bonchev–Trinajstić information content (AvgIpc) is 2.46. The van der Waals surface area contributed by atoms with Gasteiger partial charge in [-0.15, -0.1) is 0 Å². The Bertz CT molecular complexity index is 580. The fourth-order valence-electron chi connectivity index (χ4n) is 2.82. The Balaban J connectivity index is 2.00. The van der Waals surface area contributed by atoms with Gasteiger partial charge in [0.2, 0.25) is 0 Å². The molecule has 0 fully saturated rings. The molecule has 3 nitrogen and oxygen atoms in total. The number of hydrogen-bond donors (Lipinski definition) is 1. The summed E-state index contributed by atoms with van der Waals surface area (Å²) in [5, 5.41) is 0. The van der Waals surface area contributed by atoms with Gasteiger partial charge in [-0.2, -0.15) is 0 Å². The van der Waals surface area contributed by atoms with Gasteiger partial charge in [-0.1, -0.05) is 30.3 Å². The van der Waals surface area contributed by atoms with Crippen LogP contribution in [0.25, 0.3) is 0 Å². The molecule has 2 N–H and O–H groups in total. The van der Waals surface area contributed by atoms with E-state index in [4.69, 9.17) is 5.73 Å². The summed E-state index contributed by atoms with van der Waals surface area (Å²) in [6, 6.07) is 13.0. The molecule has 1 aromatic carbocycles. The van der Waals surface area contributed by atoms with Crippen molar-refractivity contribution in [3.63, 3.8) is 0 Å². The molecule has 0 saturated heterocycles. The molecule has 19 heavy (non-hydrogen) atoms. The SMILES string of the molecule is Cc1cccnc1N1Cc2ccccc2CC1CN. The Morgan fingerprint density at radius 1 is 1.21 bits per heavy atom. The lowest BCUT2D eigenvalue weighted by Gasteiger charge is -2.38. The van der Waals surface area contributed by atoms with Crippen LogP contribution in [-0.4, -0.2) is 17.6 Å². The second kappa shape index (κ2) is 5.02. The van der Waals surface area contributed by atoms with E-state index in [0.717, 1.165) is 18.8 Å². The average molecular weight is 253 g/mol. The van der Waals surface area contributed by atoms with Crippen molar-refractivity contribution >= 4 is 5.82 Å². The highest BCUT2D eigenvalue weighted by atomic mass is 15.2. The second-order valence-electron chi connectivity index (χ2n) is 5.13. The van der Waals surface area contributed by atoms with E-state index in [2.05, 4.69) is 47.1 Å². The van der Waals surface area contributed by atoms with Crippen LogP contribution in [-0.2, 0) is 13.0 Å². The van der Waals surface area contributed by atoms with Crippen LogP contribution in [0.3, 0.4) is 0 Å². The monoisotopic (exact) mass is 253 g/mol. The zero-order valence-corrected chi connectivity index (χ0v) is 11.2. The van der Waals surface area contributed by atoms with E-state index in [1.165, 1.54) is 16.7 Å². The first kappa shape index (κ1) is 12.2. The number of aryl methyl sites for hydroxylation is 1. The molecule has 2 aromatic rings. The van der Waals surface area contributed by atoms with Crippen molar-refractivity contribution in [2.75, 3.05) is 11.4 Å². The Morgan fingerprint density at radius 2 is 2.00 bits per heavy atom. The van der Waals surface area contributed by atoms with Crippen molar-refractivity contribution in [1.29, 1.82) is 0 Å². The van der Waals surface area contributed by atoms with E-state index in [1.54, 1.807) is 0 Å². The van der Waals surface area contributed by atoms with Gasteiger partial charge in [0.1, 0.15) is 5.82 Å². The quantitative estimate of drug-likeness (QED) is 0.893. The van der Waals surface area contributed by atoms with E-state index in [-0.39, 0.29) is 0 Å². The topological polar surface area (TPSA) is 42.2 Å². The Kier molecular flexibility index (Phi) is 3.22. The van der Waals surface area contributed by atoms with Gasteiger partial charge in [-0.25, -0.2) is 4.98 Å². The van der Waals surface area contributed by atoms with Crippen LogP contribution in [0.5, 0.6) is 0 Å². The number of aromatic nitrogens is 1. The van der Waals surface area contributed by atoms with E-state index in [9.17, 15) is 0 Å². The van der Waals surface area contributed by atoms with Crippen molar-refractivity contribution in [2.24, 2.45) is 5.73 Å². The number of nitrogens with zero attached hydrogens (tertiary/aromatic N) is 2. The molecule has 0 amide bonds. The molecule has 3 heteroatoms. The summed E-state index contributed by atoms with van der Waals surface area (Å²) in [7, 11) is 0. The smallest absolute Gasteiger partial charge is 0.132 e. The third kappa shape index (κ3) is 2.22. The van der Waals surface area contributed by atoms with Gasteiger partial charge < -0.3 is 10.6 Å². The fourth-order valence-corrected chi connectivity index (χ4v) is 2.82. The van der Waals surface area contributed by atoms with Gasteiger partial charge in [0, 0.05) is 25.3 Å². The molecule has 2 heterocycles. The number of nitrogens with two attached hydrogens (primary N) is 1. The molecule has 1 aliphatic rings. The van der Waals surface area contributed by atoms with Crippen molar-refractivity contribution < 1.29 is 0 Å². The number of hydrogen-bond acceptors (Lipinski definition) is 3. The minimum absolute atomic E-state index is 0.337. The van der Waals surface area contributed by atoms with E-state index in [0.29, 0.717) is 12.6 Å². The molecule has 3 rings (SSSR count). The van der Waals surface area contributed by atoms with Crippen LogP contribution < -0.4 is 10.6 Å². The third-order valence-corrected chi connectivity index (χ3v) is 3.88. The predicted molar refractivity (Wildman–Crippen MR) is 78.1 cm³/mol. The van der Waals surface area contributed by atoms with E-state index in [1.807, 2.05) is 12.3 Å². The van der Waals surface area contributed by atoms with Crippen LogP contribution in [0.2, 0.25) is 0 Å². The van der Waals surface area contributed by atoms with Crippen LogP contribution >= 0.6 is 0 Å². The molecule has 1 atom stereocenters. The zero-order chi connectivity index (χ0) is 13.2. The number of fused-ring (bicyclic) bond motifs is 1. The molecular weight excluding hydrogens is 234 g/mol. The summed E-state index contributed by atoms with van der Waals surface area (Å²) in [5.41, 5.74) is 9.98. The van der Waals surface area contributed by atoms with Gasteiger partial charge in [0.15, 0.2) is 0 Å². The number of anilines is 1. The number of pyridine rings is 1. The molecule has 0 bridgehead atoms. The van der Waals surface area contributed by atoms with Crippen LogP contribution in [0.15, 0.2) is 42.6 Å². The molecule has 0 saturated carbocycles. The lowest BCUT2D eigenvalue weighted by molar-refractivity contribution is 0.554. The number of rotatable bonds is 2. The van der Waals surface area contributed by atoms with Crippen molar-refractivity contribution in [3.8, 4) is 0 Å². The van der Waals surface area contributed by atoms with Crippen molar-refractivity contribution in [2.45, 2.75) is 25.9 Å². The van der Waals surface area contributed by atoms with Gasteiger partial charge in [-0.05, 0) is 36.1 Å². The zero-order valence-electron chi connectivity index (χ0n) is 11.2. The predicted octanol–water partition coefficient (Wildman–Crippen LogP) is 2.28. The standard InChI is InChI=1S/C16H19N3/c1-12-5-4-8-18-16(12)19-11-14-7-3-2-6-13(14)9-15(19)10-17/h2-8,15H,9-11,17H2,1H3. The Morgan fingerprint density at radius 3 is 2.74 bits per heavy atom.